The van der Waals surface area contributed by atoms with E-state index in [9.17, 15) is 27.9 Å². The number of sulfonamides is 1. The zero-order valence-electron chi connectivity index (χ0n) is 30.7. The number of nitrogens with zero attached hydrogens (tertiary/aromatic N) is 5. The molecule has 0 radical (unpaired) electrons. The first-order valence-corrected chi connectivity index (χ1v) is 19.5. The lowest BCUT2D eigenvalue weighted by Gasteiger charge is -2.34. The maximum absolute atomic E-state index is 14.2. The van der Waals surface area contributed by atoms with Crippen molar-refractivity contribution in [3.63, 3.8) is 0 Å². The Balaban J connectivity index is 1.38. The van der Waals surface area contributed by atoms with Gasteiger partial charge in [-0.3, -0.25) is 24.5 Å². The molecule has 1 aromatic heterocycles. The highest BCUT2D eigenvalue weighted by molar-refractivity contribution is 7.89. The topological polar surface area (TPSA) is 179 Å². The van der Waals surface area contributed by atoms with Crippen molar-refractivity contribution in [3.05, 3.63) is 108 Å². The molecule has 0 bridgehead atoms. The summed E-state index contributed by atoms with van der Waals surface area (Å²) >= 11 is 6.07. The van der Waals surface area contributed by atoms with Crippen molar-refractivity contribution in [2.45, 2.75) is 63.7 Å². The van der Waals surface area contributed by atoms with Gasteiger partial charge in [0.25, 0.3) is 5.91 Å². The number of hydrogen-bond donors (Lipinski definition) is 3. The van der Waals surface area contributed by atoms with Crippen LogP contribution < -0.4 is 11.1 Å². The van der Waals surface area contributed by atoms with Crippen molar-refractivity contribution in [1.82, 2.24) is 29.4 Å². The summed E-state index contributed by atoms with van der Waals surface area (Å²) in [5.41, 5.74) is 8.93. The second kappa shape index (κ2) is 17.5. The van der Waals surface area contributed by atoms with Crippen molar-refractivity contribution in [3.8, 4) is 11.3 Å². The van der Waals surface area contributed by atoms with Gasteiger partial charge in [-0.15, -0.1) is 0 Å². The number of halogens is 1. The summed E-state index contributed by atoms with van der Waals surface area (Å²) in [6.07, 6.45) is 3.55. The SMILES string of the molecule is CC(C)CN(C[C@H](O)[C@H](Cc1ccccc1)NC(=O)[C@H](C(C)C)N1CC(=O)N(Cc2cccc(-c3cnccn3)c2)C1=O)S(=O)(=O)c1ccc(Cl)c(N)c1. The van der Waals surface area contributed by atoms with Crippen molar-refractivity contribution >= 4 is 45.2 Å². The molecule has 1 aliphatic heterocycles. The number of aliphatic hydroxyl groups is 1. The first kappa shape index (κ1) is 40.3. The number of imide groups is 1. The molecule has 1 saturated heterocycles. The van der Waals surface area contributed by atoms with Crippen LogP contribution in [0.1, 0.15) is 38.8 Å². The molecular formula is C39H46ClN7O6S. The van der Waals surface area contributed by atoms with Crippen molar-refractivity contribution in [1.29, 1.82) is 0 Å². The Labute approximate surface area is 321 Å². The van der Waals surface area contributed by atoms with Crippen LogP contribution in [0.15, 0.2) is 96.3 Å². The molecule has 4 amide bonds. The number of nitrogens with two attached hydrogens (primary N) is 1. The van der Waals surface area contributed by atoms with Crippen LogP contribution in [0.3, 0.4) is 0 Å². The summed E-state index contributed by atoms with van der Waals surface area (Å²) in [5, 5.41) is 14.9. The number of anilines is 1. The highest BCUT2D eigenvalue weighted by Gasteiger charge is 2.44. The second-order valence-corrected chi connectivity index (χ2v) is 16.5. The molecule has 3 aromatic carbocycles. The molecule has 0 aliphatic carbocycles. The van der Waals surface area contributed by atoms with E-state index in [1.165, 1.54) is 27.4 Å². The van der Waals surface area contributed by atoms with Gasteiger partial charge in [-0.25, -0.2) is 13.2 Å². The van der Waals surface area contributed by atoms with Crippen molar-refractivity contribution in [2.24, 2.45) is 11.8 Å². The number of nitrogens with one attached hydrogen (secondary N) is 1. The fourth-order valence-electron chi connectivity index (χ4n) is 6.46. The Kier molecular flexibility index (Phi) is 13.1. The van der Waals surface area contributed by atoms with E-state index in [0.29, 0.717) is 11.3 Å². The molecule has 0 unspecified atom stereocenters. The highest BCUT2D eigenvalue weighted by atomic mass is 35.5. The summed E-state index contributed by atoms with van der Waals surface area (Å²) < 4.78 is 29.0. The molecule has 13 nitrogen and oxygen atoms in total. The zero-order valence-corrected chi connectivity index (χ0v) is 32.2. The number of aliphatic hydroxyl groups excluding tert-OH is 1. The van der Waals surface area contributed by atoms with E-state index in [-0.39, 0.29) is 54.1 Å². The first-order valence-electron chi connectivity index (χ1n) is 17.7. The van der Waals surface area contributed by atoms with Crippen LogP contribution in [-0.2, 0) is 32.6 Å². The number of carbonyl (C=O) groups excluding carboxylic acids is 3. The van der Waals surface area contributed by atoms with Crippen LogP contribution in [0.25, 0.3) is 11.3 Å². The lowest BCUT2D eigenvalue weighted by atomic mass is 9.97. The van der Waals surface area contributed by atoms with Gasteiger partial charge in [0.15, 0.2) is 0 Å². The van der Waals surface area contributed by atoms with Gasteiger partial charge >= 0.3 is 6.03 Å². The third kappa shape index (κ3) is 9.61. The van der Waals surface area contributed by atoms with Gasteiger partial charge in [0, 0.05) is 31.0 Å². The highest BCUT2D eigenvalue weighted by Crippen LogP contribution is 2.27. The Morgan fingerprint density at radius 1 is 0.981 bits per heavy atom. The third-order valence-electron chi connectivity index (χ3n) is 9.10. The Hall–Kier alpha value is -4.89. The molecule has 5 rings (SSSR count). The Morgan fingerprint density at radius 2 is 1.70 bits per heavy atom. The predicted molar refractivity (Wildman–Crippen MR) is 206 cm³/mol. The monoisotopic (exact) mass is 775 g/mol. The largest absolute Gasteiger partial charge is 0.397 e. The predicted octanol–water partition coefficient (Wildman–Crippen LogP) is 4.60. The fraction of sp³-hybridized carbons (Fsp3) is 0.359. The lowest BCUT2D eigenvalue weighted by Crippen LogP contribution is -2.57. The molecule has 54 heavy (non-hydrogen) atoms. The lowest BCUT2D eigenvalue weighted by molar-refractivity contribution is -0.129. The Morgan fingerprint density at radius 3 is 2.35 bits per heavy atom. The first-order chi connectivity index (χ1) is 25.6. The normalized spacial score (nSPS) is 15.3. The van der Waals surface area contributed by atoms with Gasteiger partial charge < -0.3 is 21.1 Å². The number of urea groups is 1. The fourth-order valence-corrected chi connectivity index (χ4v) is 8.24. The van der Waals surface area contributed by atoms with E-state index in [1.807, 2.05) is 62.4 Å². The standard InChI is InChI=1S/C39H46ClN7O6S/c1-25(2)21-45(54(52,53)30-13-14-31(40)32(41)19-30)23-35(48)33(18-27-9-6-5-7-10-27)44-38(50)37(26(3)4)47-24-36(49)46(39(47)51)22-28-11-8-12-29(17-28)34-20-42-15-16-43-34/h5-17,19-20,25-26,33,35,37,48H,18,21-24,41H2,1-4H3,(H,44,50)/t33-,35-,37-/m0/s1. The van der Waals surface area contributed by atoms with Gasteiger partial charge in [0.05, 0.1) is 46.2 Å². The average molecular weight is 776 g/mol. The molecule has 1 aliphatic rings. The van der Waals surface area contributed by atoms with E-state index in [4.69, 9.17) is 17.3 Å². The summed E-state index contributed by atoms with van der Waals surface area (Å²) in [6, 6.07) is 17.8. The quantitative estimate of drug-likeness (QED) is 0.108. The van der Waals surface area contributed by atoms with E-state index in [2.05, 4.69) is 15.3 Å². The molecule has 2 heterocycles. The Bertz CT molecular complexity index is 2050. The van der Waals surface area contributed by atoms with E-state index in [0.717, 1.165) is 16.0 Å². The van der Waals surface area contributed by atoms with Crippen LogP contribution in [0.2, 0.25) is 5.02 Å². The van der Waals surface area contributed by atoms with Crippen LogP contribution in [0.4, 0.5) is 10.5 Å². The van der Waals surface area contributed by atoms with Crippen molar-refractivity contribution in [2.75, 3.05) is 25.4 Å². The van der Waals surface area contributed by atoms with Gasteiger partial charge in [0.1, 0.15) is 12.6 Å². The molecule has 0 spiro atoms. The van der Waals surface area contributed by atoms with Gasteiger partial charge in [-0.2, -0.15) is 4.31 Å². The molecule has 4 aromatic rings. The molecular weight excluding hydrogens is 730 g/mol. The summed E-state index contributed by atoms with van der Waals surface area (Å²) in [5.74, 6) is -1.58. The van der Waals surface area contributed by atoms with Crippen molar-refractivity contribution < 1.29 is 27.9 Å². The number of aromatic nitrogens is 2. The van der Waals surface area contributed by atoms with Gasteiger partial charge in [-0.05, 0) is 53.6 Å². The number of carbonyl (C=O) groups is 3. The molecule has 1 fully saturated rings. The maximum Gasteiger partial charge on any atom is 0.328 e. The minimum Gasteiger partial charge on any atom is -0.397 e. The third-order valence-corrected chi connectivity index (χ3v) is 11.3. The molecule has 4 N–H and O–H groups in total. The number of benzene rings is 3. The van der Waals surface area contributed by atoms with Crippen LogP contribution >= 0.6 is 11.6 Å². The molecule has 3 atom stereocenters. The number of amides is 4. The average Bonchev–Trinajstić information content (AvgIpc) is 3.40. The number of rotatable bonds is 16. The molecule has 0 saturated carbocycles. The zero-order chi connectivity index (χ0) is 39.2. The minimum absolute atomic E-state index is 0.0104. The summed E-state index contributed by atoms with van der Waals surface area (Å²) in [7, 11) is -4.15. The van der Waals surface area contributed by atoms with E-state index >= 15 is 0 Å². The molecule has 286 valence electrons. The van der Waals surface area contributed by atoms with Crippen LogP contribution in [-0.4, -0.2) is 93.3 Å². The summed E-state index contributed by atoms with van der Waals surface area (Å²) in [4.78, 5) is 52.1. The van der Waals surface area contributed by atoms with Gasteiger partial charge in [0.2, 0.25) is 15.9 Å². The number of nitrogen functional groups attached to an aromatic ring is 1. The second-order valence-electron chi connectivity index (χ2n) is 14.1. The van der Waals surface area contributed by atoms with E-state index in [1.54, 1.807) is 38.5 Å². The van der Waals surface area contributed by atoms with Crippen LogP contribution in [0, 0.1) is 11.8 Å². The molecule has 15 heteroatoms. The number of hydrogen-bond acceptors (Lipinski definition) is 9. The maximum atomic E-state index is 14.2. The smallest absolute Gasteiger partial charge is 0.328 e. The van der Waals surface area contributed by atoms with Gasteiger partial charge in [-0.1, -0.05) is 87.8 Å². The summed E-state index contributed by atoms with van der Waals surface area (Å²) in [6.45, 7) is 6.65. The van der Waals surface area contributed by atoms with Crippen LogP contribution in [0.5, 0.6) is 0 Å². The van der Waals surface area contributed by atoms with E-state index < -0.39 is 52.0 Å². The minimum atomic E-state index is -4.15.